The Kier molecular flexibility index (Phi) is 3.58. The number of hydrogen-bond acceptors (Lipinski definition) is 3. The molecule has 0 aromatic rings. The van der Waals surface area contributed by atoms with Gasteiger partial charge in [0.2, 0.25) is 0 Å². The van der Waals surface area contributed by atoms with Gasteiger partial charge in [0, 0.05) is 0 Å². The zero-order valence-corrected chi connectivity index (χ0v) is 12.4. The molecule has 0 aliphatic carbocycles. The topological polar surface area (TPSA) is 35.5 Å². The number of halogens is 2. The van der Waals surface area contributed by atoms with Crippen LogP contribution in [0.3, 0.4) is 0 Å². The van der Waals surface area contributed by atoms with Crippen LogP contribution in [0, 0.1) is 5.56 Å². The van der Waals surface area contributed by atoms with E-state index in [1.54, 1.807) is 13.0 Å². The molecule has 0 spiro atoms. The van der Waals surface area contributed by atoms with E-state index in [-0.39, 0.29) is 16.9 Å². The second kappa shape index (κ2) is 4.16. The van der Waals surface area contributed by atoms with Gasteiger partial charge in [0.15, 0.2) is 0 Å². The molecule has 0 aromatic carbocycles. The first kappa shape index (κ1) is 13.7. The van der Waals surface area contributed by atoms with Gasteiger partial charge < -0.3 is 0 Å². The van der Waals surface area contributed by atoms with Crippen LogP contribution in [-0.2, 0) is 14.3 Å². The summed E-state index contributed by atoms with van der Waals surface area (Å²) in [6.07, 6.45) is 1.67. The van der Waals surface area contributed by atoms with E-state index in [1.165, 1.54) is 0 Å². The number of carbonyl (C=O) groups excluding carboxylic acids is 1. The Balaban J connectivity index is 2.89. The second-order valence-corrected chi connectivity index (χ2v) is 16.3. The Morgan fingerprint density at radius 2 is 2.19 bits per heavy atom. The van der Waals surface area contributed by atoms with Crippen molar-refractivity contribution < 1.29 is 14.3 Å². The van der Waals surface area contributed by atoms with Crippen LogP contribution in [0.5, 0.6) is 0 Å². The van der Waals surface area contributed by atoms with E-state index in [1.807, 2.05) is 19.6 Å². The number of rotatable bonds is 3. The predicted octanol–water partition coefficient (Wildman–Crippen LogP) is 3.59. The third-order valence-electron chi connectivity index (χ3n) is 2.30. The fourth-order valence-electron chi connectivity index (χ4n) is 1.40. The van der Waals surface area contributed by atoms with Gasteiger partial charge in [-0.2, -0.15) is 0 Å². The van der Waals surface area contributed by atoms with Crippen molar-refractivity contribution in [1.82, 2.24) is 0 Å². The van der Waals surface area contributed by atoms with Crippen LogP contribution in [-0.4, -0.2) is 19.2 Å². The average Bonchev–Trinajstić information content (AvgIpc) is 2.46. The molecule has 1 heterocycles. The number of esters is 1. The van der Waals surface area contributed by atoms with Gasteiger partial charge in [0.05, 0.1) is 0 Å². The molecule has 0 saturated carbocycles. The van der Waals surface area contributed by atoms with Gasteiger partial charge in [-0.25, -0.2) is 0 Å². The van der Waals surface area contributed by atoms with E-state index in [0.29, 0.717) is 6.61 Å². The van der Waals surface area contributed by atoms with Crippen LogP contribution < -0.4 is 0 Å². The van der Waals surface area contributed by atoms with Crippen LogP contribution in [0.15, 0.2) is 11.8 Å². The zero-order chi connectivity index (χ0) is 12.6. The third kappa shape index (κ3) is 3.09. The van der Waals surface area contributed by atoms with Gasteiger partial charge in [0.1, 0.15) is 0 Å². The van der Waals surface area contributed by atoms with Crippen LogP contribution >= 0.6 is 22.7 Å². The summed E-state index contributed by atoms with van der Waals surface area (Å²) >= 11 is 12.5. The molecule has 0 fully saturated rings. The Hall–Kier alpha value is -0.323. The van der Waals surface area contributed by atoms with Crippen molar-refractivity contribution in [1.29, 1.82) is 0 Å². The Morgan fingerprint density at radius 1 is 1.62 bits per heavy atom. The quantitative estimate of drug-likeness (QED) is 0.343. The molecule has 16 heavy (non-hydrogen) atoms. The normalized spacial score (nSPS) is 23.1. The van der Waals surface area contributed by atoms with E-state index < -0.39 is 12.6 Å². The number of hydrogen-bond donors (Lipinski definition) is 0. The van der Waals surface area contributed by atoms with E-state index >= 15 is 0 Å². The standard InChI is InChI=1S/C10H16Cl2O3Si/c1-5-14-10(13)7-6-8(9(11)15-7)16(2,3,4)12/h6,8H,5H2,1-4H3. The maximum atomic E-state index is 11.5. The van der Waals surface area contributed by atoms with E-state index in [2.05, 4.69) is 0 Å². The predicted molar refractivity (Wildman–Crippen MR) is 67.8 cm³/mol. The first-order chi connectivity index (χ1) is 7.12. The Morgan fingerprint density at radius 3 is 2.56 bits per heavy atom. The number of carbonyl (C=O) groups is 1. The fourth-order valence-corrected chi connectivity index (χ4v) is 4.88. The molecule has 0 bridgehead atoms. The molecule has 1 unspecified atom stereocenters. The van der Waals surface area contributed by atoms with Gasteiger partial charge >= 0.3 is 106 Å². The van der Waals surface area contributed by atoms with Gasteiger partial charge in [-0.05, 0) is 0 Å². The van der Waals surface area contributed by atoms with Crippen LogP contribution in [0.1, 0.15) is 6.92 Å². The molecule has 0 saturated heterocycles. The minimum atomic E-state index is -2.72. The molecule has 0 radical (unpaired) electrons. The summed E-state index contributed by atoms with van der Waals surface area (Å²) in [5.74, 6) is -0.355. The molecule has 3 nitrogen and oxygen atoms in total. The molecule has 0 aromatic heterocycles. The van der Waals surface area contributed by atoms with Crippen molar-refractivity contribution in [2.75, 3.05) is 6.61 Å². The Bertz CT molecular complexity index is 323. The summed E-state index contributed by atoms with van der Waals surface area (Å²) in [5, 5.41) is 0. The average molecular weight is 283 g/mol. The van der Waals surface area contributed by atoms with Gasteiger partial charge in [-0.1, -0.05) is 0 Å². The molecule has 1 aliphatic rings. The van der Waals surface area contributed by atoms with Crippen molar-refractivity contribution in [2.24, 2.45) is 0 Å². The van der Waals surface area contributed by atoms with Gasteiger partial charge in [-0.15, -0.1) is 0 Å². The molecule has 1 atom stereocenters. The first-order valence-corrected chi connectivity index (χ1v) is 10.6. The van der Waals surface area contributed by atoms with Crippen molar-refractivity contribution in [3.05, 3.63) is 17.4 Å². The minimum absolute atomic E-state index is 0.142. The fraction of sp³-hybridized carbons (Fsp3) is 0.600. The molecular weight excluding hydrogens is 267 g/mol. The third-order valence-corrected chi connectivity index (χ3v) is 6.03. The summed E-state index contributed by atoms with van der Waals surface area (Å²) < 4.78 is 10.0. The van der Waals surface area contributed by atoms with Crippen molar-refractivity contribution in [2.45, 2.75) is 32.1 Å². The van der Waals surface area contributed by atoms with E-state index in [9.17, 15) is 4.79 Å². The number of ether oxygens (including phenoxy) is 2. The van der Waals surface area contributed by atoms with Gasteiger partial charge in [-0.3, -0.25) is 0 Å². The molecule has 6 heteroatoms. The summed E-state index contributed by atoms with van der Waals surface area (Å²) in [4.78, 5) is 11.5. The summed E-state index contributed by atoms with van der Waals surface area (Å²) in [6, 6.07) is 0. The first-order valence-electron chi connectivity index (χ1n) is 5.14. The molecule has 1 rings (SSSR count). The molecule has 92 valence electrons. The molecule has 0 N–H and O–H groups in total. The molecular formula is C10H16Cl2O3Si. The molecule has 1 aliphatic heterocycles. The second-order valence-electron chi connectivity index (χ2n) is 5.18. The Labute approximate surface area is 106 Å². The summed E-state index contributed by atoms with van der Waals surface area (Å²) in [7, 11) is 0. The van der Waals surface area contributed by atoms with Crippen molar-refractivity contribution in [3.63, 3.8) is 0 Å². The SMILES string of the molecule is CCOC(=O)C1=CC([Si-](C)(C)(C)Cl)[C+](Cl)O1. The van der Waals surface area contributed by atoms with Gasteiger partial charge in [0.25, 0.3) is 0 Å². The van der Waals surface area contributed by atoms with Crippen LogP contribution in [0.25, 0.3) is 0 Å². The molecule has 0 amide bonds. The maximum absolute atomic E-state index is 11.5. The van der Waals surface area contributed by atoms with Crippen molar-refractivity contribution in [3.8, 4) is 0 Å². The van der Waals surface area contributed by atoms with Crippen molar-refractivity contribution >= 4 is 35.3 Å². The van der Waals surface area contributed by atoms with Crippen LogP contribution in [0.4, 0.5) is 0 Å². The summed E-state index contributed by atoms with van der Waals surface area (Å²) in [5.41, 5.74) is 0.0709. The van der Waals surface area contributed by atoms with Crippen LogP contribution in [0.2, 0.25) is 25.2 Å². The zero-order valence-electron chi connectivity index (χ0n) is 9.84. The van der Waals surface area contributed by atoms with E-state index in [0.717, 1.165) is 0 Å². The summed E-state index contributed by atoms with van der Waals surface area (Å²) in [6.45, 7) is 5.25. The monoisotopic (exact) mass is 282 g/mol. The van der Waals surface area contributed by atoms with E-state index in [4.69, 9.17) is 32.2 Å².